The molecule has 2 aliphatic heterocycles. The summed E-state index contributed by atoms with van der Waals surface area (Å²) in [5, 5.41) is 6.59. The largest absolute Gasteiger partial charge is 0.367 e. The number of carbonyl (C=O) groups is 1. The van der Waals surface area contributed by atoms with Crippen LogP contribution in [0.4, 0.5) is 5.69 Å². The average molecular weight is 386 g/mol. The molecule has 3 aliphatic rings. The van der Waals surface area contributed by atoms with Crippen molar-refractivity contribution in [2.45, 2.75) is 38.6 Å². The molecule has 1 aromatic rings. The Balaban J connectivity index is 0.00000113. The summed E-state index contributed by atoms with van der Waals surface area (Å²) in [5.41, 5.74) is 3.11. The first-order chi connectivity index (χ1) is 11.2. The monoisotopic (exact) mass is 385 g/mol. The van der Waals surface area contributed by atoms with Crippen LogP contribution in [-0.4, -0.2) is 38.1 Å². The molecule has 1 saturated heterocycles. The van der Waals surface area contributed by atoms with Crippen LogP contribution in [0.25, 0.3) is 0 Å². The van der Waals surface area contributed by atoms with Gasteiger partial charge in [-0.3, -0.25) is 4.79 Å². The summed E-state index contributed by atoms with van der Waals surface area (Å²) in [4.78, 5) is 14.9. The van der Waals surface area contributed by atoms with E-state index < -0.39 is 0 Å². The van der Waals surface area contributed by atoms with Crippen LogP contribution in [0.3, 0.4) is 0 Å². The Bertz CT molecular complexity index is 604. The molecule has 1 amide bonds. The summed E-state index contributed by atoms with van der Waals surface area (Å²) in [6, 6.07) is 9.16. The van der Waals surface area contributed by atoms with Gasteiger partial charge in [0, 0.05) is 30.7 Å². The number of para-hydroxylation sites is 1. The maximum absolute atomic E-state index is 12.4. The number of nitrogens with one attached hydrogen (secondary N) is 2. The second kappa shape index (κ2) is 8.15. The van der Waals surface area contributed by atoms with Crippen molar-refractivity contribution in [3.05, 3.63) is 29.8 Å². The van der Waals surface area contributed by atoms with E-state index in [0.717, 1.165) is 39.0 Å². The smallest absolute Gasteiger partial charge is 0.223 e. The van der Waals surface area contributed by atoms with Crippen molar-refractivity contribution in [2.75, 3.05) is 31.1 Å². The molecule has 140 valence electrons. The van der Waals surface area contributed by atoms with Gasteiger partial charge in [-0.1, -0.05) is 18.2 Å². The number of hydrogen-bond acceptors (Lipinski definition) is 3. The third-order valence-electron chi connectivity index (χ3n) is 6.11. The van der Waals surface area contributed by atoms with Crippen molar-refractivity contribution >= 4 is 36.4 Å². The fourth-order valence-corrected chi connectivity index (χ4v) is 4.59. The van der Waals surface area contributed by atoms with E-state index in [4.69, 9.17) is 0 Å². The van der Waals surface area contributed by atoms with Gasteiger partial charge in [0.25, 0.3) is 0 Å². The van der Waals surface area contributed by atoms with Gasteiger partial charge in [0.1, 0.15) is 0 Å². The van der Waals surface area contributed by atoms with E-state index >= 15 is 0 Å². The molecule has 1 saturated carbocycles. The molecule has 4 nitrogen and oxygen atoms in total. The van der Waals surface area contributed by atoms with E-state index in [-0.39, 0.29) is 36.6 Å². The molecule has 0 radical (unpaired) electrons. The highest BCUT2D eigenvalue weighted by molar-refractivity contribution is 5.85. The molecular formula is C19H29Cl2N3O. The van der Waals surface area contributed by atoms with E-state index in [2.05, 4.69) is 46.7 Å². The molecule has 25 heavy (non-hydrogen) atoms. The van der Waals surface area contributed by atoms with Gasteiger partial charge < -0.3 is 15.5 Å². The second-order valence-corrected chi connectivity index (χ2v) is 7.54. The van der Waals surface area contributed by atoms with E-state index in [9.17, 15) is 4.79 Å². The lowest BCUT2D eigenvalue weighted by Gasteiger charge is -2.25. The number of rotatable bonds is 4. The Morgan fingerprint density at radius 2 is 2.00 bits per heavy atom. The zero-order chi connectivity index (χ0) is 15.9. The van der Waals surface area contributed by atoms with E-state index in [0.29, 0.717) is 11.5 Å². The highest BCUT2D eigenvalue weighted by atomic mass is 35.5. The number of hydrogen-bond donors (Lipinski definition) is 2. The molecule has 2 unspecified atom stereocenters. The maximum atomic E-state index is 12.4. The molecule has 1 aliphatic carbocycles. The predicted molar refractivity (Wildman–Crippen MR) is 107 cm³/mol. The fourth-order valence-electron chi connectivity index (χ4n) is 4.59. The highest BCUT2D eigenvalue weighted by Gasteiger charge is 2.57. The molecule has 2 atom stereocenters. The number of benzene rings is 1. The molecule has 2 heterocycles. The molecule has 2 fully saturated rings. The quantitative estimate of drug-likeness (QED) is 0.837. The summed E-state index contributed by atoms with van der Waals surface area (Å²) in [6.45, 7) is 6.08. The topological polar surface area (TPSA) is 44.4 Å². The second-order valence-electron chi connectivity index (χ2n) is 7.54. The molecule has 0 aromatic heterocycles. The van der Waals surface area contributed by atoms with Gasteiger partial charge in [-0.05, 0) is 62.7 Å². The summed E-state index contributed by atoms with van der Waals surface area (Å²) < 4.78 is 0. The van der Waals surface area contributed by atoms with E-state index in [1.54, 1.807) is 0 Å². The number of nitrogens with zero attached hydrogens (tertiary/aromatic N) is 1. The lowest BCUT2D eigenvalue weighted by Crippen LogP contribution is -2.39. The number of piperidine rings is 1. The van der Waals surface area contributed by atoms with Gasteiger partial charge in [0.2, 0.25) is 5.91 Å². The van der Waals surface area contributed by atoms with Crippen LogP contribution in [0, 0.1) is 11.3 Å². The number of carbonyl (C=O) groups excluding carboxylic acids is 1. The summed E-state index contributed by atoms with van der Waals surface area (Å²) in [5.74, 6) is 0.555. The van der Waals surface area contributed by atoms with Crippen molar-refractivity contribution in [2.24, 2.45) is 11.3 Å². The van der Waals surface area contributed by atoms with Crippen LogP contribution in [0.15, 0.2) is 24.3 Å². The van der Waals surface area contributed by atoms with Crippen molar-refractivity contribution in [1.29, 1.82) is 0 Å². The van der Waals surface area contributed by atoms with Crippen LogP contribution in [-0.2, 0) is 11.2 Å². The molecule has 2 N–H and O–H groups in total. The van der Waals surface area contributed by atoms with E-state index in [1.165, 1.54) is 24.1 Å². The maximum Gasteiger partial charge on any atom is 0.223 e. The third-order valence-corrected chi connectivity index (χ3v) is 6.11. The lowest BCUT2D eigenvalue weighted by molar-refractivity contribution is -0.123. The molecular weight excluding hydrogens is 357 g/mol. The molecule has 1 spiro atoms. The number of anilines is 1. The van der Waals surface area contributed by atoms with Crippen molar-refractivity contribution < 1.29 is 4.79 Å². The Morgan fingerprint density at radius 3 is 2.76 bits per heavy atom. The Labute approximate surface area is 162 Å². The molecule has 4 rings (SSSR count). The Kier molecular flexibility index (Phi) is 6.63. The summed E-state index contributed by atoms with van der Waals surface area (Å²) >= 11 is 0. The van der Waals surface area contributed by atoms with Gasteiger partial charge in [-0.2, -0.15) is 0 Å². The van der Waals surface area contributed by atoms with Crippen LogP contribution in [0.5, 0.6) is 0 Å². The van der Waals surface area contributed by atoms with Crippen LogP contribution in [0.2, 0.25) is 0 Å². The normalized spacial score (nSPS) is 25.6. The highest BCUT2D eigenvalue weighted by Crippen LogP contribution is 2.58. The minimum atomic E-state index is 0. The Hall–Kier alpha value is -0.970. The van der Waals surface area contributed by atoms with E-state index in [1.807, 2.05) is 0 Å². The number of amides is 1. The fraction of sp³-hybridized carbons (Fsp3) is 0.632. The summed E-state index contributed by atoms with van der Waals surface area (Å²) in [6.07, 6.45) is 4.55. The van der Waals surface area contributed by atoms with Gasteiger partial charge in [0.05, 0.1) is 0 Å². The molecule has 1 aromatic carbocycles. The molecule has 6 heteroatoms. The first kappa shape index (κ1) is 20.3. The van der Waals surface area contributed by atoms with Gasteiger partial charge >= 0.3 is 0 Å². The minimum absolute atomic E-state index is 0. The number of fused-ring (bicyclic) bond motifs is 1. The third kappa shape index (κ3) is 3.91. The first-order valence-corrected chi connectivity index (χ1v) is 9.03. The zero-order valence-electron chi connectivity index (χ0n) is 14.8. The van der Waals surface area contributed by atoms with Crippen molar-refractivity contribution in [1.82, 2.24) is 10.6 Å². The van der Waals surface area contributed by atoms with Gasteiger partial charge in [-0.25, -0.2) is 0 Å². The number of halogens is 2. The Morgan fingerprint density at radius 1 is 1.28 bits per heavy atom. The first-order valence-electron chi connectivity index (χ1n) is 9.03. The standard InChI is InChI=1S/C19H27N3O.2ClH/c1-14-12-15-4-2-3-5-17(15)22(14)11-10-21-18(23)16-13-19(16)6-8-20-9-7-19;;/h2-5,14,16,20H,6-13H2,1H3,(H,21,23);2*1H. The van der Waals surface area contributed by atoms with Crippen LogP contribution < -0.4 is 15.5 Å². The summed E-state index contributed by atoms with van der Waals surface area (Å²) in [7, 11) is 0. The van der Waals surface area contributed by atoms with Gasteiger partial charge in [0.15, 0.2) is 0 Å². The van der Waals surface area contributed by atoms with Crippen LogP contribution in [0.1, 0.15) is 31.7 Å². The van der Waals surface area contributed by atoms with Crippen LogP contribution >= 0.6 is 24.8 Å². The zero-order valence-corrected chi connectivity index (χ0v) is 16.4. The SMILES string of the molecule is CC1Cc2ccccc2N1CCNC(=O)C1CC12CCNCC2.Cl.Cl. The average Bonchev–Trinajstić information content (AvgIpc) is 3.15. The van der Waals surface area contributed by atoms with Crippen molar-refractivity contribution in [3.8, 4) is 0 Å². The van der Waals surface area contributed by atoms with Crippen molar-refractivity contribution in [3.63, 3.8) is 0 Å². The minimum Gasteiger partial charge on any atom is -0.367 e. The lowest BCUT2D eigenvalue weighted by atomic mass is 9.92. The van der Waals surface area contributed by atoms with Gasteiger partial charge in [-0.15, -0.1) is 24.8 Å². The predicted octanol–water partition coefficient (Wildman–Crippen LogP) is 2.79. The molecule has 0 bridgehead atoms.